The van der Waals surface area contributed by atoms with Crippen LogP contribution in [0, 0.1) is 0 Å². The first kappa shape index (κ1) is 37.0. The monoisotopic (exact) mass is 827 g/mol. The van der Waals surface area contributed by atoms with E-state index in [1.54, 1.807) is 0 Å². The fraction of sp³-hybridized carbons (Fsp3) is 0. The zero-order chi connectivity index (χ0) is 42.8. The van der Waals surface area contributed by atoms with E-state index < -0.39 is 0 Å². The fourth-order valence-corrected chi connectivity index (χ4v) is 10.1. The lowest BCUT2D eigenvalue weighted by Gasteiger charge is -2.16. The van der Waals surface area contributed by atoms with E-state index in [2.05, 4.69) is 203 Å². The van der Waals surface area contributed by atoms with Crippen molar-refractivity contribution >= 4 is 83.0 Å². The Hall–Kier alpha value is -8.61. The molecule has 0 N–H and O–H groups in total. The number of aromatic nitrogens is 5. The molecule has 0 atom stereocenters. The molecule has 0 bridgehead atoms. The second-order valence-corrected chi connectivity index (χ2v) is 16.8. The average molecular weight is 828 g/mol. The molecule has 0 aliphatic heterocycles. The van der Waals surface area contributed by atoms with Crippen molar-refractivity contribution in [3.8, 4) is 39.9 Å². The van der Waals surface area contributed by atoms with Crippen LogP contribution in [0.2, 0.25) is 0 Å². The molecule has 0 aliphatic carbocycles. The van der Waals surface area contributed by atoms with E-state index in [1.165, 1.54) is 65.3 Å². The molecule has 0 spiro atoms. The van der Waals surface area contributed by atoms with Gasteiger partial charge in [-0.15, -0.1) is 0 Å². The maximum absolute atomic E-state index is 5.14. The normalized spacial score (nSPS) is 11.7. The first-order valence-electron chi connectivity index (χ1n) is 22.1. The Kier molecular flexibility index (Phi) is 8.56. The third kappa shape index (κ3) is 6.06. The molecule has 0 amide bonds. The summed E-state index contributed by atoms with van der Waals surface area (Å²) in [4.78, 5) is 15.3. The summed E-state index contributed by atoms with van der Waals surface area (Å²) in [6.45, 7) is 0.0588. The summed E-state index contributed by atoms with van der Waals surface area (Å²) >= 11 is 0. The van der Waals surface area contributed by atoms with Crippen LogP contribution < -0.4 is 16.4 Å². The van der Waals surface area contributed by atoms with Gasteiger partial charge in [0.2, 0.25) is 6.71 Å². The van der Waals surface area contributed by atoms with Gasteiger partial charge in [0.1, 0.15) is 0 Å². The predicted molar refractivity (Wildman–Crippen MR) is 271 cm³/mol. The Morgan fingerprint density at radius 1 is 0.292 bits per heavy atom. The lowest BCUT2D eigenvalue weighted by atomic mass is 9.37. The topological polar surface area (TPSA) is 48.0 Å². The summed E-state index contributed by atoms with van der Waals surface area (Å²) in [6, 6.07) is 82.5. The molecule has 0 radical (unpaired) electrons. The summed E-state index contributed by atoms with van der Waals surface area (Å²) in [5.74, 6) is 1.89. The maximum Gasteiger partial charge on any atom is 0.241 e. The molecule has 0 saturated heterocycles. The number of nitrogens with zero attached hydrogens (tertiary/aromatic N) is 5. The summed E-state index contributed by atoms with van der Waals surface area (Å²) in [6.07, 6.45) is 0. The Balaban J connectivity index is 1.10. The van der Waals surface area contributed by atoms with Crippen molar-refractivity contribution in [2.45, 2.75) is 0 Å². The van der Waals surface area contributed by atoms with Crippen LogP contribution in [0.1, 0.15) is 0 Å². The van der Waals surface area contributed by atoms with Gasteiger partial charge in [-0.1, -0.05) is 211 Å². The average Bonchev–Trinajstić information content (AvgIpc) is 3.94. The molecule has 4 aromatic heterocycles. The van der Waals surface area contributed by atoms with Crippen molar-refractivity contribution < 1.29 is 0 Å². The van der Waals surface area contributed by atoms with Gasteiger partial charge in [-0.25, -0.2) is 15.0 Å². The zero-order valence-electron chi connectivity index (χ0n) is 35.3. The molecule has 9 aromatic carbocycles. The van der Waals surface area contributed by atoms with Gasteiger partial charge in [0, 0.05) is 49.3 Å². The highest BCUT2D eigenvalue weighted by Crippen LogP contribution is 2.41. The van der Waals surface area contributed by atoms with Crippen LogP contribution in [0.25, 0.3) is 99.8 Å². The van der Waals surface area contributed by atoms with E-state index in [0.717, 1.165) is 33.4 Å². The van der Waals surface area contributed by atoms with Crippen LogP contribution >= 0.6 is 0 Å². The Bertz CT molecular complexity index is 3840. The van der Waals surface area contributed by atoms with Crippen LogP contribution in [-0.2, 0) is 0 Å². The minimum Gasteiger partial charge on any atom is -0.309 e. The number of fused-ring (bicyclic) bond motifs is 12. The smallest absolute Gasteiger partial charge is 0.241 e. The molecule has 6 heteroatoms. The van der Waals surface area contributed by atoms with E-state index in [-0.39, 0.29) is 6.71 Å². The van der Waals surface area contributed by atoms with Gasteiger partial charge in [-0.05, 0) is 41.8 Å². The standard InChI is InChI=1S/C59H38BN5/c1-5-18-39(19-6-1)57-61-58(40-20-7-2-8-21-40)63-59(62-57)41-22-17-27-45(36-41)64-53-34-32-44(60(42-23-9-3-10-24-42)43-25-11-4-12-26-43)37-50(53)49-33-35-54-51(56(49)64)38-55-48-30-14-13-28-46(48)47-29-15-16-31-52(47)65(54)55/h1-38H. The van der Waals surface area contributed by atoms with Gasteiger partial charge < -0.3 is 8.97 Å². The number of hydrogen-bond donors (Lipinski definition) is 0. The van der Waals surface area contributed by atoms with E-state index in [4.69, 9.17) is 15.0 Å². The van der Waals surface area contributed by atoms with Crippen molar-refractivity contribution in [1.29, 1.82) is 0 Å². The summed E-state index contributed by atoms with van der Waals surface area (Å²) in [7, 11) is 0. The number of rotatable bonds is 7. The molecule has 13 rings (SSSR count). The van der Waals surface area contributed by atoms with Crippen molar-refractivity contribution in [3.05, 3.63) is 231 Å². The number of pyridine rings is 1. The maximum atomic E-state index is 5.14. The van der Waals surface area contributed by atoms with Gasteiger partial charge in [0.05, 0.1) is 27.6 Å². The van der Waals surface area contributed by atoms with E-state index in [9.17, 15) is 0 Å². The summed E-state index contributed by atoms with van der Waals surface area (Å²) in [5.41, 5.74) is 13.4. The van der Waals surface area contributed by atoms with Gasteiger partial charge in [-0.3, -0.25) is 0 Å². The second kappa shape index (κ2) is 15.0. The van der Waals surface area contributed by atoms with Gasteiger partial charge >= 0.3 is 0 Å². The molecular formula is C59H38BN5. The molecule has 4 heterocycles. The Morgan fingerprint density at radius 3 is 1.45 bits per heavy atom. The lowest BCUT2D eigenvalue weighted by molar-refractivity contribution is 1.07. The largest absolute Gasteiger partial charge is 0.309 e. The highest BCUT2D eigenvalue weighted by Gasteiger charge is 2.25. The van der Waals surface area contributed by atoms with Crippen LogP contribution in [0.15, 0.2) is 231 Å². The van der Waals surface area contributed by atoms with E-state index in [1.807, 2.05) is 36.4 Å². The molecule has 0 fully saturated rings. The number of hydrogen-bond acceptors (Lipinski definition) is 3. The summed E-state index contributed by atoms with van der Waals surface area (Å²) < 4.78 is 4.92. The molecule has 302 valence electrons. The van der Waals surface area contributed by atoms with Gasteiger partial charge in [0.15, 0.2) is 17.5 Å². The molecule has 5 nitrogen and oxygen atoms in total. The molecular weight excluding hydrogens is 789 g/mol. The summed E-state index contributed by atoms with van der Waals surface area (Å²) in [5, 5.41) is 7.30. The van der Waals surface area contributed by atoms with Gasteiger partial charge in [-0.2, -0.15) is 0 Å². The van der Waals surface area contributed by atoms with Crippen molar-refractivity contribution in [1.82, 2.24) is 23.9 Å². The Morgan fingerprint density at radius 2 is 0.800 bits per heavy atom. The van der Waals surface area contributed by atoms with Crippen molar-refractivity contribution in [2.75, 3.05) is 0 Å². The molecule has 0 saturated carbocycles. The highest BCUT2D eigenvalue weighted by molar-refractivity contribution is 6.95. The van der Waals surface area contributed by atoms with Gasteiger partial charge in [0.25, 0.3) is 0 Å². The van der Waals surface area contributed by atoms with Crippen molar-refractivity contribution in [2.24, 2.45) is 0 Å². The highest BCUT2D eigenvalue weighted by atomic mass is 15.0. The van der Waals surface area contributed by atoms with Crippen molar-refractivity contribution in [3.63, 3.8) is 0 Å². The first-order valence-corrected chi connectivity index (χ1v) is 22.1. The zero-order valence-corrected chi connectivity index (χ0v) is 35.3. The minimum atomic E-state index is 0.0588. The van der Waals surface area contributed by atoms with Crippen LogP contribution in [0.5, 0.6) is 0 Å². The third-order valence-corrected chi connectivity index (χ3v) is 13.0. The Labute approximate surface area is 375 Å². The second-order valence-electron chi connectivity index (χ2n) is 16.8. The molecule has 65 heavy (non-hydrogen) atoms. The quantitative estimate of drug-likeness (QED) is 0.119. The molecule has 0 unspecified atom stereocenters. The fourth-order valence-electron chi connectivity index (χ4n) is 10.1. The SMILES string of the molecule is c1ccc(B(c2ccccc2)c2ccc3c(c2)c2ccc4c(cc5c6ccccc6c6ccccc6n54)c2n3-c2cccc(-c3nc(-c4ccccc4)nc(-c4ccccc4)n3)c2)cc1. The third-order valence-electron chi connectivity index (χ3n) is 13.0. The minimum absolute atomic E-state index is 0.0588. The molecule has 0 aliphatic rings. The predicted octanol–water partition coefficient (Wildman–Crippen LogP) is 12.2. The number of para-hydroxylation sites is 1. The van der Waals surface area contributed by atoms with Crippen LogP contribution in [0.4, 0.5) is 0 Å². The van der Waals surface area contributed by atoms with Crippen LogP contribution in [-0.4, -0.2) is 30.6 Å². The van der Waals surface area contributed by atoms with E-state index in [0.29, 0.717) is 17.5 Å². The first-order chi connectivity index (χ1) is 32.2. The van der Waals surface area contributed by atoms with Crippen LogP contribution in [0.3, 0.4) is 0 Å². The molecule has 13 aromatic rings. The lowest BCUT2D eigenvalue weighted by Crippen LogP contribution is -2.51. The van der Waals surface area contributed by atoms with E-state index >= 15 is 0 Å². The number of benzene rings is 9.